The number of hydrogen-bond acceptors (Lipinski definition) is 2. The molecule has 2 amide bonds. The minimum Gasteiger partial charge on any atom is -0.355 e. The topological polar surface area (TPSA) is 58.2 Å². The van der Waals surface area contributed by atoms with Crippen LogP contribution < -0.4 is 10.6 Å². The maximum absolute atomic E-state index is 12.8. The van der Waals surface area contributed by atoms with Crippen LogP contribution in [0.25, 0.3) is 0 Å². The van der Waals surface area contributed by atoms with Crippen molar-refractivity contribution in [3.8, 4) is 0 Å². The SMILES string of the molecule is Fc1ccccc1.O=C1NCCC[C@H]1C(=O)Nc1ccccc1C(F)(F)F. The normalized spacial score (nSPS) is 16.6. The Bertz CT molecular complexity index is 779. The Kier molecular flexibility index (Phi) is 6.92. The van der Waals surface area contributed by atoms with E-state index >= 15 is 0 Å². The van der Waals surface area contributed by atoms with Gasteiger partial charge in [0.25, 0.3) is 0 Å². The molecule has 4 nitrogen and oxygen atoms in total. The lowest BCUT2D eigenvalue weighted by atomic mass is 9.97. The molecule has 0 spiro atoms. The minimum absolute atomic E-state index is 0.178. The van der Waals surface area contributed by atoms with E-state index in [4.69, 9.17) is 0 Å². The number of carbonyl (C=O) groups excluding carboxylic acids is 2. The van der Waals surface area contributed by atoms with Crippen molar-refractivity contribution in [3.05, 3.63) is 66.0 Å². The number of halogens is 4. The Morgan fingerprint density at radius 1 is 1.04 bits per heavy atom. The number of rotatable bonds is 2. The first-order valence-electron chi connectivity index (χ1n) is 8.24. The van der Waals surface area contributed by atoms with Crippen LogP contribution in [-0.2, 0) is 15.8 Å². The van der Waals surface area contributed by atoms with Crippen LogP contribution in [0.1, 0.15) is 18.4 Å². The molecule has 27 heavy (non-hydrogen) atoms. The van der Waals surface area contributed by atoms with Gasteiger partial charge in [0.15, 0.2) is 0 Å². The van der Waals surface area contributed by atoms with Crippen molar-refractivity contribution in [2.24, 2.45) is 5.92 Å². The van der Waals surface area contributed by atoms with E-state index in [9.17, 15) is 27.2 Å². The second-order valence-electron chi connectivity index (χ2n) is 5.81. The standard InChI is InChI=1S/C13H13F3N2O2.C6H5F/c14-13(15,16)9-5-1-2-6-10(9)18-12(20)8-4-3-7-17-11(8)19;7-6-4-2-1-3-5-6/h1-2,5-6,8H,3-4,7H2,(H,17,19)(H,18,20);1-5H/t8-;/m1./s1. The Labute approximate surface area is 153 Å². The Balaban J connectivity index is 0.000000313. The second kappa shape index (κ2) is 9.16. The number of nitrogens with one attached hydrogen (secondary N) is 2. The van der Waals surface area contributed by atoms with Crippen LogP contribution in [-0.4, -0.2) is 18.4 Å². The van der Waals surface area contributed by atoms with Crippen LogP contribution in [0, 0.1) is 11.7 Å². The molecule has 1 heterocycles. The highest BCUT2D eigenvalue weighted by atomic mass is 19.4. The molecule has 2 aromatic rings. The maximum atomic E-state index is 12.8. The van der Waals surface area contributed by atoms with Gasteiger partial charge in [-0.2, -0.15) is 13.2 Å². The smallest absolute Gasteiger partial charge is 0.355 e. The summed E-state index contributed by atoms with van der Waals surface area (Å²) in [7, 11) is 0. The summed E-state index contributed by atoms with van der Waals surface area (Å²) in [5.41, 5.74) is -1.26. The molecule has 1 atom stereocenters. The minimum atomic E-state index is -4.56. The van der Waals surface area contributed by atoms with E-state index in [0.29, 0.717) is 19.4 Å². The summed E-state index contributed by atoms with van der Waals surface area (Å²) >= 11 is 0. The van der Waals surface area contributed by atoms with Gasteiger partial charge in [0.2, 0.25) is 11.8 Å². The van der Waals surface area contributed by atoms with E-state index in [1.54, 1.807) is 18.2 Å². The average Bonchev–Trinajstić information content (AvgIpc) is 2.63. The number of alkyl halides is 3. The largest absolute Gasteiger partial charge is 0.418 e. The summed E-state index contributed by atoms with van der Waals surface area (Å²) in [6.45, 7) is 0.488. The summed E-state index contributed by atoms with van der Waals surface area (Å²) in [6.07, 6.45) is -3.59. The van der Waals surface area contributed by atoms with Crippen molar-refractivity contribution in [2.45, 2.75) is 19.0 Å². The lowest BCUT2D eigenvalue weighted by Gasteiger charge is -2.22. The average molecular weight is 382 g/mol. The molecule has 144 valence electrons. The Hall–Kier alpha value is -2.90. The zero-order valence-electron chi connectivity index (χ0n) is 14.2. The van der Waals surface area contributed by atoms with Crippen LogP contribution in [0.15, 0.2) is 54.6 Å². The van der Waals surface area contributed by atoms with Gasteiger partial charge in [-0.1, -0.05) is 30.3 Å². The number of benzene rings is 2. The van der Waals surface area contributed by atoms with Crippen LogP contribution in [0.2, 0.25) is 0 Å². The first-order chi connectivity index (χ1) is 12.8. The summed E-state index contributed by atoms with van der Waals surface area (Å²) < 4.78 is 50.3. The summed E-state index contributed by atoms with van der Waals surface area (Å²) in [5, 5.41) is 4.72. The third-order valence-electron chi connectivity index (χ3n) is 3.83. The highest BCUT2D eigenvalue weighted by Crippen LogP contribution is 2.34. The van der Waals surface area contributed by atoms with Gasteiger partial charge in [0.05, 0.1) is 11.3 Å². The van der Waals surface area contributed by atoms with Gasteiger partial charge in [-0.05, 0) is 37.1 Å². The van der Waals surface area contributed by atoms with Crippen molar-refractivity contribution in [2.75, 3.05) is 11.9 Å². The molecule has 1 fully saturated rings. The molecule has 0 radical (unpaired) electrons. The van der Waals surface area contributed by atoms with Crippen molar-refractivity contribution >= 4 is 17.5 Å². The molecule has 8 heteroatoms. The van der Waals surface area contributed by atoms with E-state index in [0.717, 1.165) is 6.07 Å². The van der Waals surface area contributed by atoms with E-state index in [2.05, 4.69) is 10.6 Å². The van der Waals surface area contributed by atoms with Crippen molar-refractivity contribution in [1.29, 1.82) is 0 Å². The molecule has 0 bridgehead atoms. The molecule has 0 aromatic heterocycles. The van der Waals surface area contributed by atoms with Gasteiger partial charge in [0.1, 0.15) is 11.7 Å². The van der Waals surface area contributed by atoms with Crippen LogP contribution >= 0.6 is 0 Å². The van der Waals surface area contributed by atoms with Crippen LogP contribution in [0.4, 0.5) is 23.2 Å². The van der Waals surface area contributed by atoms with Crippen LogP contribution in [0.5, 0.6) is 0 Å². The highest BCUT2D eigenvalue weighted by Gasteiger charge is 2.35. The number of carbonyl (C=O) groups is 2. The van der Waals surface area contributed by atoms with Gasteiger partial charge in [0, 0.05) is 6.54 Å². The molecule has 0 aliphatic carbocycles. The first-order valence-corrected chi connectivity index (χ1v) is 8.24. The molecule has 3 rings (SSSR count). The lowest BCUT2D eigenvalue weighted by molar-refractivity contribution is -0.137. The monoisotopic (exact) mass is 382 g/mol. The molecular formula is C19H18F4N2O2. The predicted molar refractivity (Wildman–Crippen MR) is 92.2 cm³/mol. The lowest BCUT2D eigenvalue weighted by Crippen LogP contribution is -2.42. The van der Waals surface area contributed by atoms with Gasteiger partial charge in [-0.25, -0.2) is 4.39 Å². The van der Waals surface area contributed by atoms with Crippen molar-refractivity contribution in [1.82, 2.24) is 5.32 Å². The highest BCUT2D eigenvalue weighted by molar-refractivity contribution is 6.07. The number of amides is 2. The maximum Gasteiger partial charge on any atom is 0.418 e. The Morgan fingerprint density at radius 2 is 1.67 bits per heavy atom. The molecule has 1 aliphatic rings. The number of para-hydroxylation sites is 1. The second-order valence-corrected chi connectivity index (χ2v) is 5.81. The first kappa shape index (κ1) is 20.4. The van der Waals surface area contributed by atoms with Crippen LogP contribution in [0.3, 0.4) is 0 Å². The van der Waals surface area contributed by atoms with E-state index in [1.165, 1.54) is 30.3 Å². The van der Waals surface area contributed by atoms with Crippen molar-refractivity contribution < 1.29 is 27.2 Å². The summed E-state index contributed by atoms with van der Waals surface area (Å²) in [6, 6.07) is 12.6. The van der Waals surface area contributed by atoms with E-state index in [-0.39, 0.29) is 11.5 Å². The number of piperidine rings is 1. The van der Waals surface area contributed by atoms with E-state index < -0.39 is 29.5 Å². The Morgan fingerprint density at radius 3 is 2.22 bits per heavy atom. The fourth-order valence-corrected chi connectivity index (χ4v) is 2.50. The number of anilines is 1. The molecule has 1 aliphatic heterocycles. The van der Waals surface area contributed by atoms with E-state index in [1.807, 2.05) is 0 Å². The molecular weight excluding hydrogens is 364 g/mol. The van der Waals surface area contributed by atoms with Crippen molar-refractivity contribution in [3.63, 3.8) is 0 Å². The summed E-state index contributed by atoms with van der Waals surface area (Å²) in [4.78, 5) is 23.4. The quantitative estimate of drug-likeness (QED) is 0.609. The van der Waals surface area contributed by atoms with Gasteiger partial charge >= 0.3 is 6.18 Å². The zero-order chi connectivity index (χ0) is 19.9. The predicted octanol–water partition coefficient (Wildman–Crippen LogP) is 4.00. The number of hydrogen-bond donors (Lipinski definition) is 2. The van der Waals surface area contributed by atoms with Gasteiger partial charge in [-0.15, -0.1) is 0 Å². The molecule has 2 N–H and O–H groups in total. The zero-order valence-corrected chi connectivity index (χ0v) is 14.2. The molecule has 0 saturated carbocycles. The molecule has 1 saturated heterocycles. The molecule has 2 aromatic carbocycles. The molecule has 0 unspecified atom stereocenters. The third kappa shape index (κ3) is 6.09. The van der Waals surface area contributed by atoms with Gasteiger partial charge in [-0.3, -0.25) is 9.59 Å². The third-order valence-corrected chi connectivity index (χ3v) is 3.83. The fourth-order valence-electron chi connectivity index (χ4n) is 2.50. The fraction of sp³-hybridized carbons (Fsp3) is 0.263. The summed E-state index contributed by atoms with van der Waals surface area (Å²) in [5.74, 6) is -2.27. The van der Waals surface area contributed by atoms with Gasteiger partial charge < -0.3 is 10.6 Å².